The van der Waals surface area contributed by atoms with Gasteiger partial charge in [0.15, 0.2) is 11.5 Å². The van der Waals surface area contributed by atoms with Crippen LogP contribution in [0.1, 0.15) is 40.0 Å². The average Bonchev–Trinajstić information content (AvgIpc) is 0.965. The predicted octanol–water partition coefficient (Wildman–Crippen LogP) is 7.88. The minimum atomic E-state index is -5.30. The van der Waals surface area contributed by atoms with E-state index in [9.17, 15) is 103 Å². The van der Waals surface area contributed by atoms with Gasteiger partial charge in [-0.25, -0.2) is 24.0 Å². The molecule has 0 aliphatic rings. The van der Waals surface area contributed by atoms with Gasteiger partial charge in [0, 0.05) is 17.3 Å². The van der Waals surface area contributed by atoms with Gasteiger partial charge >= 0.3 is 29.3 Å². The molecule has 0 amide bonds. The van der Waals surface area contributed by atoms with Crippen molar-refractivity contribution in [2.75, 3.05) is 27.8 Å². The Balaban J connectivity index is 1.01. The van der Waals surface area contributed by atoms with E-state index >= 15 is 0 Å². The summed E-state index contributed by atoms with van der Waals surface area (Å²) < 4.78 is 132. The molecule has 1 atom stereocenters. The zero-order valence-electron chi connectivity index (χ0n) is 42.7. The molecule has 0 fully saturated rings. The fourth-order valence-electron chi connectivity index (χ4n) is 8.09. The first-order chi connectivity index (χ1) is 40.3. The number of azo groups is 2. The van der Waals surface area contributed by atoms with Gasteiger partial charge in [-0.15, -0.1) is 20.5 Å². The van der Waals surface area contributed by atoms with Crippen LogP contribution in [0.3, 0.4) is 0 Å². The van der Waals surface area contributed by atoms with E-state index in [1.54, 1.807) is 0 Å². The second-order valence-electron chi connectivity index (χ2n) is 17.7. The van der Waals surface area contributed by atoms with Crippen LogP contribution in [0.4, 0.5) is 57.9 Å². The van der Waals surface area contributed by atoms with Gasteiger partial charge < -0.3 is 74.1 Å². The maximum Gasteiger partial charge on any atom is 0.351 e. The molecule has 0 saturated heterocycles. The summed E-state index contributed by atoms with van der Waals surface area (Å²) >= 11 is 0. The van der Waals surface area contributed by atoms with Gasteiger partial charge in [-0.3, -0.25) is 19.1 Å². The number of aromatic nitrogens is 6. The molecular weight excluding hydrogens is 1230 g/mol. The van der Waals surface area contributed by atoms with Gasteiger partial charge in [0.05, 0.1) is 37.2 Å². The van der Waals surface area contributed by atoms with Gasteiger partial charge in [-0.05, 0) is 90.7 Å². The molecule has 40 heteroatoms. The summed E-state index contributed by atoms with van der Waals surface area (Å²) in [5, 5.41) is 76.1. The fourth-order valence-corrected chi connectivity index (χ4v) is 10.5. The number of phenols is 2. The molecule has 0 saturated carbocycles. The Bertz CT molecular complexity index is 4500. The van der Waals surface area contributed by atoms with Crippen LogP contribution < -0.4 is 32.6 Å². The number of aromatic hydroxyl groups is 2. The molecule has 0 bridgehead atoms. The average molecular weight is 1270 g/mol. The lowest BCUT2D eigenvalue weighted by Gasteiger charge is -2.23. The number of aliphatic carboxylic acids is 1. The van der Waals surface area contributed by atoms with Crippen molar-refractivity contribution in [1.29, 1.82) is 0 Å². The van der Waals surface area contributed by atoms with E-state index < -0.39 is 176 Å². The van der Waals surface area contributed by atoms with Gasteiger partial charge in [0.2, 0.25) is 23.8 Å². The van der Waals surface area contributed by atoms with Crippen LogP contribution in [-0.4, -0.2) is 139 Å². The van der Waals surface area contributed by atoms with E-state index in [4.69, 9.17) is 0 Å². The lowest BCUT2D eigenvalue weighted by Crippen LogP contribution is -2.31. The number of nitrogens with zero attached hydrogens (tertiary/aromatic N) is 8. The molecule has 1 unspecified atom stereocenters. The highest BCUT2D eigenvalue weighted by atomic mass is 32.3. The third kappa shape index (κ3) is 14.4. The summed E-state index contributed by atoms with van der Waals surface area (Å²) in [4.78, 5) is 78.0. The molecule has 0 aliphatic carbocycles. The Morgan fingerprint density at radius 1 is 0.547 bits per heavy atom. The van der Waals surface area contributed by atoms with Gasteiger partial charge in [-0.2, -0.15) is 36.8 Å². The molecule has 2 aromatic heterocycles. The number of rotatable bonds is 23. The van der Waals surface area contributed by atoms with Crippen molar-refractivity contribution in [1.82, 2.24) is 29.9 Å². The zero-order valence-corrected chi connectivity index (χ0v) is 46.0. The van der Waals surface area contributed by atoms with Crippen molar-refractivity contribution in [2.45, 2.75) is 44.9 Å². The number of anilines is 6. The number of carboxylic acid groups (broad SMARTS) is 3. The van der Waals surface area contributed by atoms with Gasteiger partial charge in [-0.1, -0.05) is 24.3 Å². The van der Waals surface area contributed by atoms with Crippen LogP contribution in [0.15, 0.2) is 135 Å². The summed E-state index contributed by atoms with van der Waals surface area (Å²) in [6.45, 7) is -0.0753. The summed E-state index contributed by atoms with van der Waals surface area (Å²) in [6, 6.07) is 13.2. The molecule has 0 aliphatic heterocycles. The Morgan fingerprint density at radius 3 is 1.49 bits per heavy atom. The Labute approximate surface area is 482 Å². The number of H-pyrrole nitrogens is 2. The summed E-state index contributed by atoms with van der Waals surface area (Å²) in [5.74, 6) is -8.64. The number of aromatic carboxylic acids is 2. The van der Waals surface area contributed by atoms with Gasteiger partial charge in [0.25, 0.3) is 20.2 Å². The molecular formula is C46H42N14O22S4. The maximum absolute atomic E-state index is 12.9. The van der Waals surface area contributed by atoms with Crippen LogP contribution in [0.5, 0.6) is 11.5 Å². The largest absolute Gasteiger partial charge is 0.505 e. The van der Waals surface area contributed by atoms with Crippen LogP contribution in [-0.2, 0) is 25.0 Å². The highest BCUT2D eigenvalue weighted by Crippen LogP contribution is 2.56. The van der Waals surface area contributed by atoms with Crippen LogP contribution in [0, 0.1) is 0 Å². The van der Waals surface area contributed by atoms with Crippen molar-refractivity contribution in [3.05, 3.63) is 117 Å². The third-order valence-corrected chi connectivity index (χ3v) is 15.3. The summed E-state index contributed by atoms with van der Waals surface area (Å²) in [5.41, 5.74) is -6.41. The SMILES string of the molecule is O=C(O)c1ccccc1N=Nc1c(S(O)(O)O)cc2cc(S(=O)(=O)O)cc(Nc3nc(NC(CCCCNc4nc(Nc5cc(S(O)(O)O)cc6cc(S(=O)(=O)O)c(N=Nc7ccccc7C(=O)O)c(O)c56)[nH]c(=O)n4)C(=O)O)nc(=O)[nH]3)c2c1O. The highest BCUT2D eigenvalue weighted by molar-refractivity contribution is 8.19. The van der Waals surface area contributed by atoms with Crippen molar-refractivity contribution < 1.29 is 93.2 Å². The quantitative estimate of drug-likeness (QED) is 0.0164. The first kappa shape index (κ1) is 62.2. The molecule has 19 N–H and O–H groups in total. The number of hydrogen-bond donors (Lipinski definition) is 19. The predicted molar refractivity (Wildman–Crippen MR) is 303 cm³/mol. The minimum absolute atomic E-state index is 0.0497. The monoisotopic (exact) mass is 1270 g/mol. The minimum Gasteiger partial charge on any atom is -0.505 e. The molecule has 0 radical (unpaired) electrons. The Kier molecular flexibility index (Phi) is 17.6. The first-order valence-corrected chi connectivity index (χ1v) is 29.5. The van der Waals surface area contributed by atoms with E-state index in [0.717, 1.165) is 42.5 Å². The zero-order chi connectivity index (χ0) is 62.8. The van der Waals surface area contributed by atoms with E-state index in [0.29, 0.717) is 6.07 Å². The van der Waals surface area contributed by atoms with Crippen molar-refractivity contribution in [2.24, 2.45) is 20.5 Å². The van der Waals surface area contributed by atoms with Crippen molar-refractivity contribution in [3.63, 3.8) is 0 Å². The van der Waals surface area contributed by atoms with Crippen LogP contribution in [0.25, 0.3) is 21.5 Å². The standard InChI is InChI=1S/C46H42N14O22S4/c61-36-32-19(15-30(85(77,78)79)34(36)59-57-25-9-3-1-7-23(25)38(63)64)13-21(83(71,72)73)17-28(32)49-43-51-41(53-45(69)55-43)47-12-6-5-11-27(40(67)68)48-42-52-44(56-46(70)54-42)50-29-18-22(84(74,75)76)14-20-16-31(86(80,81)82)35(37(62)33(20)29)60-58-26-10-4-2-8-24(26)39(65)66/h1-4,7-10,13-18,27,61-62,71-73,80-82H,5-6,11-12H2,(H,63,64)(H,65,66)(H,67,68)(H,74,75,76)(H,77,78,79)(H3,47,49,51,53,55,69)(H3,48,50,52,54,56,70). The summed E-state index contributed by atoms with van der Waals surface area (Å²) in [6.07, 6.45) is -0.0688. The molecule has 8 rings (SSSR count). The number of carboxylic acids is 3. The lowest BCUT2D eigenvalue weighted by molar-refractivity contribution is -0.138. The fraction of sp³-hybridized carbons (Fsp3) is 0.109. The summed E-state index contributed by atoms with van der Waals surface area (Å²) in [7, 11) is -19.9. The van der Waals surface area contributed by atoms with E-state index in [1.807, 2.05) is 0 Å². The molecule has 6 aromatic carbocycles. The molecule has 8 aromatic rings. The normalized spacial score (nSPS) is 13.0. The topological polar surface area (TPSA) is 597 Å². The molecule has 2 heterocycles. The third-order valence-electron chi connectivity index (χ3n) is 11.8. The number of unbranched alkanes of at least 4 members (excludes halogenated alkanes) is 1. The van der Waals surface area contributed by atoms with Crippen molar-refractivity contribution >= 4 is 139 Å². The molecule has 452 valence electrons. The highest BCUT2D eigenvalue weighted by Gasteiger charge is 2.30. The van der Waals surface area contributed by atoms with E-state index in [2.05, 4.69) is 71.6 Å². The van der Waals surface area contributed by atoms with Crippen molar-refractivity contribution in [3.8, 4) is 11.5 Å². The molecule has 36 nitrogen and oxygen atoms in total. The first-order valence-electron chi connectivity index (χ1n) is 23.6. The number of aromatic amines is 2. The number of carbonyl (C=O) groups is 3. The second kappa shape index (κ2) is 24.4. The number of nitrogens with one attached hydrogen (secondary N) is 6. The Hall–Kier alpha value is -9.85. The maximum atomic E-state index is 12.9. The van der Waals surface area contributed by atoms with Crippen LogP contribution in [0.2, 0.25) is 0 Å². The lowest BCUT2D eigenvalue weighted by atomic mass is 10.1. The molecule has 86 heavy (non-hydrogen) atoms. The van der Waals surface area contributed by atoms with Gasteiger partial charge in [0.1, 0.15) is 55.4 Å². The smallest absolute Gasteiger partial charge is 0.351 e. The number of phenolic OH excluding ortho intramolecular Hbond substituents is 2. The number of fused-ring (bicyclic) bond motifs is 2. The second-order valence-corrected chi connectivity index (χ2v) is 23.5. The van der Waals surface area contributed by atoms with Crippen LogP contribution >= 0.6 is 21.7 Å². The Morgan fingerprint density at radius 2 is 1.01 bits per heavy atom. The number of hydrogen-bond acceptors (Lipinski definition) is 29. The van der Waals surface area contributed by atoms with E-state index in [-0.39, 0.29) is 48.7 Å². The van der Waals surface area contributed by atoms with E-state index in [1.165, 1.54) is 36.4 Å². The molecule has 0 spiro atoms. The number of benzene rings is 6.